The van der Waals surface area contributed by atoms with Crippen LogP contribution in [0.15, 0.2) is 41.8 Å². The minimum absolute atomic E-state index is 0.0561. The summed E-state index contributed by atoms with van der Waals surface area (Å²) in [5.74, 6) is 0.644. The molecule has 0 saturated carbocycles. The lowest BCUT2D eigenvalue weighted by Crippen LogP contribution is -2.28. The molecule has 0 fully saturated rings. The van der Waals surface area contributed by atoms with Crippen molar-refractivity contribution in [2.75, 3.05) is 6.61 Å². The molecule has 0 radical (unpaired) electrons. The van der Waals surface area contributed by atoms with Gasteiger partial charge in [-0.3, -0.25) is 4.79 Å². The summed E-state index contributed by atoms with van der Waals surface area (Å²) >= 11 is 1.63. The summed E-state index contributed by atoms with van der Waals surface area (Å²) in [5, 5.41) is 4.85. The highest BCUT2D eigenvalue weighted by molar-refractivity contribution is 7.09. The van der Waals surface area contributed by atoms with Crippen LogP contribution in [0.1, 0.15) is 36.6 Å². The average Bonchev–Trinajstić information content (AvgIpc) is 3.06. The third kappa shape index (κ3) is 5.90. The van der Waals surface area contributed by atoms with E-state index in [1.54, 1.807) is 11.3 Å². The molecule has 0 spiro atoms. The van der Waals surface area contributed by atoms with Crippen molar-refractivity contribution >= 4 is 17.2 Å². The van der Waals surface area contributed by atoms with Crippen molar-refractivity contribution in [2.45, 2.75) is 39.2 Å². The molecule has 0 aliphatic heterocycles. The van der Waals surface area contributed by atoms with Crippen molar-refractivity contribution in [2.24, 2.45) is 0 Å². The predicted molar refractivity (Wildman–Crippen MR) is 91.3 cm³/mol. The number of rotatable bonds is 9. The Labute approximate surface area is 136 Å². The van der Waals surface area contributed by atoms with Crippen LogP contribution in [0.2, 0.25) is 0 Å². The Morgan fingerprint density at radius 2 is 2.00 bits per heavy atom. The third-order valence-corrected chi connectivity index (χ3v) is 4.28. The third-order valence-electron chi connectivity index (χ3n) is 3.40. The molecular formula is C18H23NO2S. The van der Waals surface area contributed by atoms with Crippen LogP contribution in [0.25, 0.3) is 0 Å². The first-order valence-electron chi connectivity index (χ1n) is 7.78. The van der Waals surface area contributed by atoms with Crippen molar-refractivity contribution < 1.29 is 9.53 Å². The standard InChI is InChI=1S/C18H23NO2S/c1-2-3-4-6-15-8-10-16(11-9-15)21-14-18(20)19-13-17-7-5-12-22-17/h5,7-12H,2-4,6,13-14H2,1H3,(H,19,20). The van der Waals surface area contributed by atoms with Gasteiger partial charge in [-0.2, -0.15) is 0 Å². The Bertz CT molecular complexity index is 549. The van der Waals surface area contributed by atoms with E-state index in [4.69, 9.17) is 4.74 Å². The topological polar surface area (TPSA) is 38.3 Å². The van der Waals surface area contributed by atoms with Gasteiger partial charge in [-0.05, 0) is 42.0 Å². The zero-order valence-electron chi connectivity index (χ0n) is 13.0. The summed E-state index contributed by atoms with van der Waals surface area (Å²) in [4.78, 5) is 12.9. The lowest BCUT2D eigenvalue weighted by molar-refractivity contribution is -0.123. The van der Waals surface area contributed by atoms with E-state index < -0.39 is 0 Å². The molecule has 4 heteroatoms. The van der Waals surface area contributed by atoms with Crippen LogP contribution in [0.4, 0.5) is 0 Å². The van der Waals surface area contributed by atoms with E-state index in [1.165, 1.54) is 24.8 Å². The Kier molecular flexibility index (Phi) is 6.97. The fourth-order valence-electron chi connectivity index (χ4n) is 2.13. The zero-order valence-corrected chi connectivity index (χ0v) is 13.8. The van der Waals surface area contributed by atoms with Gasteiger partial charge in [-0.15, -0.1) is 11.3 Å². The van der Waals surface area contributed by atoms with Crippen molar-refractivity contribution in [3.05, 3.63) is 52.2 Å². The summed E-state index contributed by atoms with van der Waals surface area (Å²) in [6.07, 6.45) is 4.84. The Morgan fingerprint density at radius 1 is 1.18 bits per heavy atom. The Balaban J connectivity index is 1.68. The molecule has 1 heterocycles. The smallest absolute Gasteiger partial charge is 0.258 e. The Morgan fingerprint density at radius 3 is 2.68 bits per heavy atom. The summed E-state index contributed by atoms with van der Waals surface area (Å²) in [6.45, 7) is 2.83. The fraction of sp³-hybridized carbons (Fsp3) is 0.389. The van der Waals surface area contributed by atoms with E-state index in [1.807, 2.05) is 29.6 Å². The van der Waals surface area contributed by atoms with E-state index in [-0.39, 0.29) is 12.5 Å². The maximum atomic E-state index is 11.7. The number of hydrogen-bond donors (Lipinski definition) is 1. The molecule has 0 aliphatic carbocycles. The quantitative estimate of drug-likeness (QED) is 0.705. The van der Waals surface area contributed by atoms with Crippen LogP contribution in [0, 0.1) is 0 Å². The average molecular weight is 317 g/mol. The molecule has 0 saturated heterocycles. The van der Waals surface area contributed by atoms with Crippen LogP contribution in [-0.2, 0) is 17.8 Å². The molecule has 1 amide bonds. The van der Waals surface area contributed by atoms with E-state index in [9.17, 15) is 4.79 Å². The highest BCUT2D eigenvalue weighted by atomic mass is 32.1. The number of unbranched alkanes of at least 4 members (excludes halogenated alkanes) is 2. The molecule has 0 bridgehead atoms. The normalized spacial score (nSPS) is 10.4. The van der Waals surface area contributed by atoms with Gasteiger partial charge < -0.3 is 10.1 Å². The molecule has 2 rings (SSSR count). The number of aryl methyl sites for hydroxylation is 1. The first kappa shape index (κ1) is 16.6. The number of benzene rings is 1. The van der Waals surface area contributed by atoms with E-state index in [2.05, 4.69) is 24.4 Å². The van der Waals surface area contributed by atoms with Crippen molar-refractivity contribution in [3.8, 4) is 5.75 Å². The van der Waals surface area contributed by atoms with Crippen molar-refractivity contribution in [1.29, 1.82) is 0 Å². The van der Waals surface area contributed by atoms with E-state index in [0.717, 1.165) is 17.0 Å². The number of amides is 1. The Hall–Kier alpha value is -1.81. The van der Waals surface area contributed by atoms with E-state index >= 15 is 0 Å². The van der Waals surface area contributed by atoms with Gasteiger partial charge in [0.25, 0.3) is 5.91 Å². The molecule has 1 aromatic carbocycles. The van der Waals surface area contributed by atoms with Gasteiger partial charge in [0.1, 0.15) is 5.75 Å². The zero-order chi connectivity index (χ0) is 15.6. The maximum Gasteiger partial charge on any atom is 0.258 e. The van der Waals surface area contributed by atoms with Crippen molar-refractivity contribution in [3.63, 3.8) is 0 Å². The minimum atomic E-state index is -0.0968. The van der Waals surface area contributed by atoms with Crippen LogP contribution in [0.5, 0.6) is 5.75 Å². The van der Waals surface area contributed by atoms with Crippen LogP contribution in [0.3, 0.4) is 0 Å². The second kappa shape index (κ2) is 9.26. The first-order valence-corrected chi connectivity index (χ1v) is 8.66. The predicted octanol–water partition coefficient (Wildman–Crippen LogP) is 4.18. The van der Waals surface area contributed by atoms with Gasteiger partial charge in [0, 0.05) is 4.88 Å². The highest BCUT2D eigenvalue weighted by Crippen LogP contribution is 2.14. The van der Waals surface area contributed by atoms with Gasteiger partial charge in [0.2, 0.25) is 0 Å². The monoisotopic (exact) mass is 317 g/mol. The van der Waals surface area contributed by atoms with Gasteiger partial charge in [0.05, 0.1) is 6.54 Å². The summed E-state index contributed by atoms with van der Waals surface area (Å²) in [7, 11) is 0. The second-order valence-corrected chi connectivity index (χ2v) is 6.28. The minimum Gasteiger partial charge on any atom is -0.484 e. The molecule has 0 aliphatic rings. The molecule has 118 valence electrons. The molecule has 1 aromatic heterocycles. The number of nitrogens with one attached hydrogen (secondary N) is 1. The number of carbonyl (C=O) groups excluding carboxylic acids is 1. The van der Waals surface area contributed by atoms with Crippen molar-refractivity contribution in [1.82, 2.24) is 5.32 Å². The number of hydrogen-bond acceptors (Lipinski definition) is 3. The first-order chi connectivity index (χ1) is 10.8. The lowest BCUT2D eigenvalue weighted by atomic mass is 10.1. The molecular weight excluding hydrogens is 294 g/mol. The van der Waals surface area contributed by atoms with Gasteiger partial charge >= 0.3 is 0 Å². The molecule has 0 unspecified atom stereocenters. The van der Waals surface area contributed by atoms with Crippen LogP contribution >= 0.6 is 11.3 Å². The maximum absolute atomic E-state index is 11.7. The SMILES string of the molecule is CCCCCc1ccc(OCC(=O)NCc2cccs2)cc1. The molecule has 0 atom stereocenters. The second-order valence-electron chi connectivity index (χ2n) is 5.25. The van der Waals surface area contributed by atoms with Gasteiger partial charge in [-0.1, -0.05) is 38.0 Å². The lowest BCUT2D eigenvalue weighted by Gasteiger charge is -2.08. The molecule has 22 heavy (non-hydrogen) atoms. The molecule has 1 N–H and O–H groups in total. The van der Waals surface area contributed by atoms with Gasteiger partial charge in [0.15, 0.2) is 6.61 Å². The number of carbonyl (C=O) groups is 1. The van der Waals surface area contributed by atoms with Crippen LogP contribution < -0.4 is 10.1 Å². The summed E-state index contributed by atoms with van der Waals surface area (Å²) in [5.41, 5.74) is 1.32. The summed E-state index contributed by atoms with van der Waals surface area (Å²) in [6, 6.07) is 12.0. The fourth-order valence-corrected chi connectivity index (χ4v) is 2.77. The number of thiophene rings is 1. The van der Waals surface area contributed by atoms with Crippen LogP contribution in [-0.4, -0.2) is 12.5 Å². The molecule has 3 nitrogen and oxygen atoms in total. The summed E-state index contributed by atoms with van der Waals surface area (Å²) < 4.78 is 5.51. The van der Waals surface area contributed by atoms with E-state index in [0.29, 0.717) is 6.54 Å². The highest BCUT2D eigenvalue weighted by Gasteiger charge is 2.03. The largest absolute Gasteiger partial charge is 0.484 e. The van der Waals surface area contributed by atoms with Gasteiger partial charge in [-0.25, -0.2) is 0 Å². The molecule has 2 aromatic rings. The number of ether oxygens (including phenoxy) is 1.